The standard InChI is InChI=1S/C46H49N9O6/c47-29-31-5-15-40(37-2-1-17-48-42(31)37)61-35-11-6-32(7-12-35)49-43(57)30-3-8-33(9-4-30)53-24-20-51(21-25-53)18-19-52-22-26-54(27-23-52)34-10-13-36-38(28-34)46(60)55(45(36)59)39-14-16-41(56)50-44(39)58/h1-5,8-10,13,15,17,28,32,35,39H,6-7,11-12,14,16,18-27H2,(H,49,57)(H,50,56,58). The van der Waals surface area contributed by atoms with E-state index in [1.807, 2.05) is 36.4 Å². The smallest absolute Gasteiger partial charge is 0.262 e. The van der Waals surface area contributed by atoms with E-state index in [1.165, 1.54) is 0 Å². The first-order chi connectivity index (χ1) is 29.7. The predicted molar refractivity (Wildman–Crippen MR) is 227 cm³/mol. The molecule has 1 aromatic heterocycles. The van der Waals surface area contributed by atoms with Crippen LogP contribution in [0, 0.1) is 11.3 Å². The van der Waals surface area contributed by atoms with E-state index in [4.69, 9.17) is 4.74 Å². The van der Waals surface area contributed by atoms with Gasteiger partial charge in [0, 0.05) is 106 Å². The molecule has 314 valence electrons. The molecule has 1 atom stereocenters. The van der Waals surface area contributed by atoms with Crippen molar-refractivity contribution in [3.8, 4) is 11.8 Å². The zero-order valence-corrected chi connectivity index (χ0v) is 34.1. The number of fused-ring (bicyclic) bond motifs is 2. The zero-order valence-electron chi connectivity index (χ0n) is 34.1. The minimum absolute atomic E-state index is 0.0393. The highest BCUT2D eigenvalue weighted by Crippen LogP contribution is 2.33. The lowest BCUT2D eigenvalue weighted by Crippen LogP contribution is -2.54. The van der Waals surface area contributed by atoms with Gasteiger partial charge in [0.1, 0.15) is 17.9 Å². The van der Waals surface area contributed by atoms with Crippen LogP contribution < -0.4 is 25.2 Å². The van der Waals surface area contributed by atoms with E-state index in [9.17, 15) is 29.2 Å². The van der Waals surface area contributed by atoms with Crippen LogP contribution in [0.2, 0.25) is 0 Å². The third kappa shape index (κ3) is 8.38. The Balaban J connectivity index is 0.684. The molecule has 5 aliphatic rings. The Hall–Kier alpha value is -6.37. The normalized spacial score (nSPS) is 22.5. The number of hydrogen-bond donors (Lipinski definition) is 2. The maximum absolute atomic E-state index is 13.3. The van der Waals surface area contributed by atoms with E-state index in [0.29, 0.717) is 27.8 Å². The lowest BCUT2D eigenvalue weighted by Gasteiger charge is -2.39. The summed E-state index contributed by atoms with van der Waals surface area (Å²) in [6, 6.07) is 22.0. The molecule has 61 heavy (non-hydrogen) atoms. The molecule has 5 amide bonds. The van der Waals surface area contributed by atoms with Gasteiger partial charge in [0.2, 0.25) is 11.8 Å². The fourth-order valence-corrected chi connectivity index (χ4v) is 9.33. The SMILES string of the molecule is N#Cc1ccc(OC2CCC(NC(=O)c3ccc(N4CCN(CCN5CCN(c6ccc7c(c6)C(=O)N(C6CCC(=O)NC6=O)C7=O)CC5)CC4)cc3)CC2)c2cccnc12. The van der Waals surface area contributed by atoms with Gasteiger partial charge >= 0.3 is 0 Å². The summed E-state index contributed by atoms with van der Waals surface area (Å²) in [6.07, 6.45) is 5.28. The molecule has 15 nitrogen and oxygen atoms in total. The number of nitriles is 1. The zero-order chi connectivity index (χ0) is 42.0. The van der Waals surface area contributed by atoms with Crippen molar-refractivity contribution in [3.05, 3.63) is 95.2 Å². The predicted octanol–water partition coefficient (Wildman–Crippen LogP) is 3.57. The van der Waals surface area contributed by atoms with Crippen LogP contribution in [0.1, 0.15) is 75.2 Å². The Morgan fingerprint density at radius 1 is 0.770 bits per heavy atom. The molecule has 0 bridgehead atoms. The third-order valence-electron chi connectivity index (χ3n) is 12.9. The molecule has 0 radical (unpaired) electrons. The Morgan fingerprint density at radius 2 is 1.43 bits per heavy atom. The molecule has 3 aromatic carbocycles. The highest BCUT2D eigenvalue weighted by Gasteiger charge is 2.45. The Kier molecular flexibility index (Phi) is 11.4. The number of carbonyl (C=O) groups is 5. The molecular formula is C46H49N9O6. The van der Waals surface area contributed by atoms with Crippen LogP contribution in [0.3, 0.4) is 0 Å². The van der Waals surface area contributed by atoms with Crippen LogP contribution in [0.15, 0.2) is 72.9 Å². The third-order valence-corrected chi connectivity index (χ3v) is 12.9. The maximum Gasteiger partial charge on any atom is 0.262 e. The number of piperazine rings is 2. The molecular weight excluding hydrogens is 775 g/mol. The molecule has 1 saturated carbocycles. The number of ether oxygens (including phenoxy) is 1. The molecule has 2 N–H and O–H groups in total. The quantitative estimate of drug-likeness (QED) is 0.223. The molecule has 15 heteroatoms. The van der Waals surface area contributed by atoms with Crippen LogP contribution >= 0.6 is 0 Å². The van der Waals surface area contributed by atoms with Crippen molar-refractivity contribution in [2.75, 3.05) is 75.2 Å². The Morgan fingerprint density at radius 3 is 2.10 bits per heavy atom. The minimum Gasteiger partial charge on any atom is -0.490 e. The summed E-state index contributed by atoms with van der Waals surface area (Å²) in [6.45, 7) is 9.08. The summed E-state index contributed by atoms with van der Waals surface area (Å²) in [4.78, 5) is 78.7. The first-order valence-electron chi connectivity index (χ1n) is 21.4. The summed E-state index contributed by atoms with van der Waals surface area (Å²) in [5.41, 5.74) is 4.45. The van der Waals surface area contributed by atoms with Crippen molar-refractivity contribution in [2.24, 2.45) is 0 Å². The van der Waals surface area contributed by atoms with Crippen LogP contribution in [0.5, 0.6) is 5.75 Å². The summed E-state index contributed by atoms with van der Waals surface area (Å²) in [5.74, 6) is -1.29. The van der Waals surface area contributed by atoms with Crippen molar-refractivity contribution in [1.29, 1.82) is 5.26 Å². The number of nitrogens with zero attached hydrogens (tertiary/aromatic N) is 7. The number of anilines is 2. The second-order valence-corrected chi connectivity index (χ2v) is 16.6. The number of benzene rings is 3. The molecule has 4 aliphatic heterocycles. The molecule has 1 unspecified atom stereocenters. The molecule has 4 aromatic rings. The highest BCUT2D eigenvalue weighted by molar-refractivity contribution is 6.23. The molecule has 9 rings (SSSR count). The lowest BCUT2D eigenvalue weighted by atomic mass is 9.92. The molecule has 3 saturated heterocycles. The van der Waals surface area contributed by atoms with Crippen molar-refractivity contribution in [3.63, 3.8) is 0 Å². The molecule has 4 fully saturated rings. The topological polar surface area (TPSA) is 172 Å². The van der Waals surface area contributed by atoms with E-state index in [1.54, 1.807) is 24.4 Å². The number of hydrogen-bond acceptors (Lipinski definition) is 12. The first-order valence-corrected chi connectivity index (χ1v) is 21.4. The van der Waals surface area contributed by atoms with E-state index in [-0.39, 0.29) is 30.9 Å². The average Bonchev–Trinajstić information content (AvgIpc) is 3.54. The second kappa shape index (κ2) is 17.3. The molecule has 1 aliphatic carbocycles. The molecule has 5 heterocycles. The lowest BCUT2D eigenvalue weighted by molar-refractivity contribution is -0.136. The average molecular weight is 824 g/mol. The van der Waals surface area contributed by atoms with Gasteiger partial charge in [-0.15, -0.1) is 0 Å². The van der Waals surface area contributed by atoms with Gasteiger partial charge in [0.05, 0.1) is 28.3 Å². The van der Waals surface area contributed by atoms with Gasteiger partial charge in [0.15, 0.2) is 0 Å². The number of rotatable bonds is 10. The van der Waals surface area contributed by atoms with Gasteiger partial charge in [-0.3, -0.25) is 49.0 Å². The largest absolute Gasteiger partial charge is 0.490 e. The van der Waals surface area contributed by atoms with Crippen molar-refractivity contribution < 1.29 is 28.7 Å². The van der Waals surface area contributed by atoms with E-state index in [2.05, 4.69) is 53.4 Å². The first kappa shape index (κ1) is 40.1. The number of amides is 5. The van der Waals surface area contributed by atoms with Gasteiger partial charge < -0.3 is 19.9 Å². The van der Waals surface area contributed by atoms with Gasteiger partial charge in [-0.2, -0.15) is 5.26 Å². The fourth-order valence-electron chi connectivity index (χ4n) is 9.33. The van der Waals surface area contributed by atoms with Crippen LogP contribution in [-0.2, 0) is 9.59 Å². The number of pyridine rings is 1. The fraction of sp³-hybridized carbons (Fsp3) is 0.413. The van der Waals surface area contributed by atoms with Gasteiger partial charge in [0.25, 0.3) is 17.7 Å². The van der Waals surface area contributed by atoms with Crippen LogP contribution in [0.25, 0.3) is 10.9 Å². The van der Waals surface area contributed by atoms with E-state index in [0.717, 1.165) is 119 Å². The number of aromatic nitrogens is 1. The van der Waals surface area contributed by atoms with E-state index >= 15 is 0 Å². The summed E-state index contributed by atoms with van der Waals surface area (Å²) in [7, 11) is 0. The van der Waals surface area contributed by atoms with Gasteiger partial charge in [-0.05, 0) is 98.8 Å². The van der Waals surface area contributed by atoms with Crippen molar-refractivity contribution in [2.45, 2.75) is 56.7 Å². The number of piperidine rings is 1. The number of imide groups is 2. The maximum atomic E-state index is 13.3. The summed E-state index contributed by atoms with van der Waals surface area (Å²) >= 11 is 0. The Labute approximate surface area is 354 Å². The van der Waals surface area contributed by atoms with Crippen molar-refractivity contribution >= 4 is 51.8 Å². The second-order valence-electron chi connectivity index (χ2n) is 16.6. The highest BCUT2D eigenvalue weighted by atomic mass is 16.5. The van der Waals surface area contributed by atoms with Gasteiger partial charge in [-0.1, -0.05) is 0 Å². The monoisotopic (exact) mass is 823 g/mol. The van der Waals surface area contributed by atoms with E-state index < -0.39 is 29.7 Å². The number of nitrogens with one attached hydrogen (secondary N) is 2. The van der Waals surface area contributed by atoms with Gasteiger partial charge in [-0.25, -0.2) is 0 Å². The minimum atomic E-state index is -0.972. The number of carbonyl (C=O) groups excluding carboxylic acids is 5. The van der Waals surface area contributed by atoms with Crippen molar-refractivity contribution in [1.82, 2.24) is 30.3 Å². The van der Waals surface area contributed by atoms with Crippen LogP contribution in [-0.4, -0.2) is 133 Å². The summed E-state index contributed by atoms with van der Waals surface area (Å²) in [5, 5.41) is 15.8. The Bertz CT molecular complexity index is 2390. The summed E-state index contributed by atoms with van der Waals surface area (Å²) < 4.78 is 6.37. The van der Waals surface area contributed by atoms with Crippen LogP contribution in [0.4, 0.5) is 11.4 Å². The molecule has 0 spiro atoms.